The molecule has 2 heterocycles. The second kappa shape index (κ2) is 6.23. The molecule has 1 N–H and O–H groups in total. The minimum absolute atomic E-state index is 0.0390. The van der Waals surface area contributed by atoms with Crippen molar-refractivity contribution in [1.29, 1.82) is 0 Å². The Hall–Kier alpha value is -0.0300. The maximum absolute atomic E-state index is 11.0. The zero-order valence-corrected chi connectivity index (χ0v) is 14.9. The molecule has 21 heavy (non-hydrogen) atoms. The molecule has 3 rings (SSSR count). The van der Waals surface area contributed by atoms with Gasteiger partial charge in [-0.1, -0.05) is 28.1 Å². The molecule has 3 atom stereocenters. The smallest absolute Gasteiger partial charge is 0.0784 e. The lowest BCUT2D eigenvalue weighted by Gasteiger charge is -2.43. The molecular formula is C17H23BrO2S. The number of thioether (sulfide) groups is 1. The van der Waals surface area contributed by atoms with E-state index in [4.69, 9.17) is 4.74 Å². The molecule has 116 valence electrons. The molecule has 1 aromatic carbocycles. The quantitative estimate of drug-likeness (QED) is 0.870. The van der Waals surface area contributed by atoms with Crippen molar-refractivity contribution < 1.29 is 9.84 Å². The number of hydrogen-bond donors (Lipinski definition) is 1. The Bertz CT molecular complexity index is 480. The third-order valence-corrected chi connectivity index (χ3v) is 6.67. The summed E-state index contributed by atoms with van der Waals surface area (Å²) in [5.41, 5.74) is 0.583. The average Bonchev–Trinajstić information content (AvgIpc) is 2.89. The van der Waals surface area contributed by atoms with Crippen molar-refractivity contribution in [2.45, 2.75) is 43.8 Å². The predicted molar refractivity (Wildman–Crippen MR) is 91.8 cm³/mol. The van der Waals surface area contributed by atoms with Gasteiger partial charge in [0.25, 0.3) is 0 Å². The van der Waals surface area contributed by atoms with Gasteiger partial charge in [0.2, 0.25) is 0 Å². The Morgan fingerprint density at radius 3 is 2.86 bits per heavy atom. The largest absolute Gasteiger partial charge is 0.390 e. The molecule has 1 spiro atoms. The summed E-state index contributed by atoms with van der Waals surface area (Å²) in [6, 6.07) is 8.28. The fraction of sp³-hybridized carbons (Fsp3) is 0.647. The van der Waals surface area contributed by atoms with Crippen LogP contribution < -0.4 is 0 Å². The zero-order valence-electron chi connectivity index (χ0n) is 12.5. The van der Waals surface area contributed by atoms with Gasteiger partial charge in [-0.05, 0) is 55.6 Å². The highest BCUT2D eigenvalue weighted by atomic mass is 79.9. The first-order chi connectivity index (χ1) is 9.99. The standard InChI is InChI=1S/C17H23BrO2S/c1-16(19,10-13-2-4-15(18)5-3-13)14-6-8-20-17(11-14)7-9-21-12-17/h2-5,14,19H,6-12H2,1H3. The number of hydrogen-bond acceptors (Lipinski definition) is 3. The monoisotopic (exact) mass is 370 g/mol. The Balaban J connectivity index is 1.70. The third-order valence-electron chi connectivity index (χ3n) is 4.91. The van der Waals surface area contributed by atoms with Crippen molar-refractivity contribution >= 4 is 27.7 Å². The Morgan fingerprint density at radius 1 is 1.43 bits per heavy atom. The molecule has 2 saturated heterocycles. The van der Waals surface area contributed by atoms with Crippen molar-refractivity contribution in [2.24, 2.45) is 5.92 Å². The summed E-state index contributed by atoms with van der Waals surface area (Å²) in [5, 5.41) is 11.0. The van der Waals surface area contributed by atoms with Gasteiger partial charge in [-0.25, -0.2) is 0 Å². The molecule has 2 aliphatic rings. The van der Waals surface area contributed by atoms with Crippen LogP contribution in [0.2, 0.25) is 0 Å². The molecule has 4 heteroatoms. The van der Waals surface area contributed by atoms with Gasteiger partial charge >= 0.3 is 0 Å². The van der Waals surface area contributed by atoms with Crippen LogP contribution in [-0.4, -0.2) is 34.4 Å². The number of rotatable bonds is 3. The molecule has 2 nitrogen and oxygen atoms in total. The van der Waals surface area contributed by atoms with Crippen LogP contribution in [0.5, 0.6) is 0 Å². The molecule has 0 radical (unpaired) electrons. The van der Waals surface area contributed by atoms with Gasteiger partial charge in [-0.3, -0.25) is 0 Å². The van der Waals surface area contributed by atoms with Crippen molar-refractivity contribution in [3.63, 3.8) is 0 Å². The first-order valence-electron chi connectivity index (χ1n) is 7.68. The van der Waals surface area contributed by atoms with Gasteiger partial charge in [0.1, 0.15) is 0 Å². The van der Waals surface area contributed by atoms with E-state index in [2.05, 4.69) is 28.1 Å². The van der Waals surface area contributed by atoms with Crippen molar-refractivity contribution in [3.05, 3.63) is 34.3 Å². The minimum Gasteiger partial charge on any atom is -0.390 e. The lowest BCUT2D eigenvalue weighted by molar-refractivity contribution is -0.126. The molecule has 0 bridgehead atoms. The molecule has 0 saturated carbocycles. The molecule has 0 amide bonds. The average molecular weight is 371 g/mol. The topological polar surface area (TPSA) is 29.5 Å². The first-order valence-corrected chi connectivity index (χ1v) is 9.62. The Kier molecular flexibility index (Phi) is 4.70. The van der Waals surface area contributed by atoms with E-state index in [9.17, 15) is 5.11 Å². The SMILES string of the molecule is CC(O)(Cc1ccc(Br)cc1)C1CCOC2(CCSC2)C1. The van der Waals surface area contributed by atoms with Gasteiger partial charge in [0.15, 0.2) is 0 Å². The van der Waals surface area contributed by atoms with E-state index in [1.54, 1.807) is 0 Å². The molecule has 2 fully saturated rings. The number of aliphatic hydroxyl groups is 1. The maximum Gasteiger partial charge on any atom is 0.0784 e. The van der Waals surface area contributed by atoms with Crippen LogP contribution in [0.25, 0.3) is 0 Å². The summed E-state index contributed by atoms with van der Waals surface area (Å²) in [6.07, 6.45) is 3.83. The lowest BCUT2D eigenvalue weighted by atomic mass is 9.74. The fourth-order valence-electron chi connectivity index (χ4n) is 3.58. The van der Waals surface area contributed by atoms with Crippen LogP contribution in [0.3, 0.4) is 0 Å². The van der Waals surface area contributed by atoms with E-state index in [1.807, 2.05) is 30.8 Å². The Morgan fingerprint density at radius 2 is 2.19 bits per heavy atom. The summed E-state index contributed by atoms with van der Waals surface area (Å²) in [4.78, 5) is 0. The van der Waals surface area contributed by atoms with Crippen molar-refractivity contribution in [3.8, 4) is 0 Å². The number of ether oxygens (including phenoxy) is 1. The van der Waals surface area contributed by atoms with E-state index in [0.29, 0.717) is 12.3 Å². The number of benzene rings is 1. The van der Waals surface area contributed by atoms with Crippen LogP contribution in [0.4, 0.5) is 0 Å². The van der Waals surface area contributed by atoms with Gasteiger partial charge in [-0.2, -0.15) is 11.8 Å². The highest BCUT2D eigenvalue weighted by Gasteiger charge is 2.45. The maximum atomic E-state index is 11.0. The summed E-state index contributed by atoms with van der Waals surface area (Å²) >= 11 is 5.45. The predicted octanol–water partition coefficient (Wildman–Crippen LogP) is 4.04. The minimum atomic E-state index is -0.655. The number of halogens is 1. The van der Waals surface area contributed by atoms with Gasteiger partial charge < -0.3 is 9.84 Å². The van der Waals surface area contributed by atoms with E-state index in [0.717, 1.165) is 36.1 Å². The summed E-state index contributed by atoms with van der Waals surface area (Å²) in [6.45, 7) is 2.79. The van der Waals surface area contributed by atoms with E-state index < -0.39 is 5.60 Å². The molecule has 0 aliphatic carbocycles. The molecule has 1 aromatic rings. The van der Waals surface area contributed by atoms with Gasteiger partial charge in [0, 0.05) is 23.3 Å². The van der Waals surface area contributed by atoms with Crippen LogP contribution >= 0.6 is 27.7 Å². The summed E-state index contributed by atoms with van der Waals surface area (Å²) in [5.74, 6) is 2.62. The Labute approximate surface area is 139 Å². The van der Waals surface area contributed by atoms with Gasteiger partial charge in [0.05, 0.1) is 11.2 Å². The lowest BCUT2D eigenvalue weighted by Crippen LogP contribution is -2.48. The van der Waals surface area contributed by atoms with Crippen molar-refractivity contribution in [2.75, 3.05) is 18.1 Å². The van der Waals surface area contributed by atoms with Crippen LogP contribution in [-0.2, 0) is 11.2 Å². The second-order valence-corrected chi connectivity index (χ2v) is 8.71. The van der Waals surface area contributed by atoms with E-state index in [1.165, 1.54) is 11.3 Å². The normalized spacial score (nSPS) is 32.2. The highest BCUT2D eigenvalue weighted by Crippen LogP contribution is 2.44. The van der Waals surface area contributed by atoms with E-state index >= 15 is 0 Å². The van der Waals surface area contributed by atoms with Crippen LogP contribution in [0.1, 0.15) is 31.7 Å². The fourth-order valence-corrected chi connectivity index (χ4v) is 5.22. The zero-order chi connectivity index (χ0) is 14.9. The molecular weight excluding hydrogens is 348 g/mol. The van der Waals surface area contributed by atoms with Crippen molar-refractivity contribution in [1.82, 2.24) is 0 Å². The molecule has 0 aromatic heterocycles. The second-order valence-electron chi connectivity index (χ2n) is 6.68. The molecule has 3 unspecified atom stereocenters. The summed E-state index contributed by atoms with van der Waals surface area (Å²) in [7, 11) is 0. The van der Waals surface area contributed by atoms with E-state index in [-0.39, 0.29) is 5.60 Å². The highest BCUT2D eigenvalue weighted by molar-refractivity contribution is 9.10. The van der Waals surface area contributed by atoms with Gasteiger partial charge in [-0.15, -0.1) is 0 Å². The third kappa shape index (κ3) is 3.66. The first kappa shape index (κ1) is 15.9. The molecule has 2 aliphatic heterocycles. The van der Waals surface area contributed by atoms with Crippen LogP contribution in [0, 0.1) is 5.92 Å². The summed E-state index contributed by atoms with van der Waals surface area (Å²) < 4.78 is 7.16. The van der Waals surface area contributed by atoms with Crippen LogP contribution in [0.15, 0.2) is 28.7 Å².